The molecule has 1 aliphatic rings. The molecule has 1 heterocycles. The summed E-state index contributed by atoms with van der Waals surface area (Å²) in [4.78, 5) is 2.57. The summed E-state index contributed by atoms with van der Waals surface area (Å²) in [7, 11) is 2.02. The van der Waals surface area contributed by atoms with Crippen LogP contribution in [0.2, 0.25) is 10.0 Å². The molecule has 0 amide bonds. The second-order valence-electron chi connectivity index (χ2n) is 6.23. The van der Waals surface area contributed by atoms with Crippen molar-refractivity contribution in [3.05, 3.63) is 33.8 Å². The molecule has 1 aromatic carbocycles. The van der Waals surface area contributed by atoms with Crippen LogP contribution >= 0.6 is 23.2 Å². The standard InChI is InChI=1S/C17H26Cl2N2/c1-12(2)21-10-5-4-7-13(11-20-3)17(21)16-14(18)8-6-9-15(16)19/h6,8-9,12-13,17,20H,4-5,7,10-11H2,1-3H3. The molecule has 1 aromatic rings. The van der Waals surface area contributed by atoms with Crippen LogP contribution in [0.4, 0.5) is 0 Å². The predicted molar refractivity (Wildman–Crippen MR) is 92.3 cm³/mol. The highest BCUT2D eigenvalue weighted by Gasteiger charge is 2.34. The Balaban J connectivity index is 2.47. The summed E-state index contributed by atoms with van der Waals surface area (Å²) in [6.45, 7) is 6.64. The van der Waals surface area contributed by atoms with Crippen LogP contribution in [0.3, 0.4) is 0 Å². The van der Waals surface area contributed by atoms with Crippen LogP contribution in [-0.2, 0) is 0 Å². The third kappa shape index (κ3) is 3.92. The van der Waals surface area contributed by atoms with Crippen LogP contribution in [0.15, 0.2) is 18.2 Å². The first-order valence-corrected chi connectivity index (χ1v) is 8.66. The van der Waals surface area contributed by atoms with Crippen molar-refractivity contribution in [3.63, 3.8) is 0 Å². The Hall–Kier alpha value is -0.280. The van der Waals surface area contributed by atoms with Crippen molar-refractivity contribution in [2.45, 2.75) is 45.2 Å². The quantitative estimate of drug-likeness (QED) is 0.856. The molecule has 1 aliphatic heterocycles. The molecule has 4 heteroatoms. The zero-order chi connectivity index (χ0) is 15.4. The molecule has 0 bridgehead atoms. The number of likely N-dealkylation sites (tertiary alicyclic amines) is 1. The monoisotopic (exact) mass is 328 g/mol. The van der Waals surface area contributed by atoms with Gasteiger partial charge in [-0.25, -0.2) is 0 Å². The highest BCUT2D eigenvalue weighted by Crippen LogP contribution is 2.42. The van der Waals surface area contributed by atoms with Crippen molar-refractivity contribution < 1.29 is 0 Å². The fourth-order valence-electron chi connectivity index (χ4n) is 3.52. The van der Waals surface area contributed by atoms with Gasteiger partial charge in [0.15, 0.2) is 0 Å². The summed E-state index contributed by atoms with van der Waals surface area (Å²) in [5.74, 6) is 0.539. The summed E-state index contributed by atoms with van der Waals surface area (Å²) in [6.07, 6.45) is 3.74. The lowest BCUT2D eigenvalue weighted by Gasteiger charge is -2.39. The summed E-state index contributed by atoms with van der Waals surface area (Å²) >= 11 is 13.0. The number of nitrogens with zero attached hydrogens (tertiary/aromatic N) is 1. The molecular weight excluding hydrogens is 303 g/mol. The molecule has 0 aromatic heterocycles. The van der Waals surface area contributed by atoms with Gasteiger partial charge in [0.05, 0.1) is 0 Å². The summed E-state index contributed by atoms with van der Waals surface area (Å²) in [5, 5.41) is 4.94. The van der Waals surface area contributed by atoms with Crippen molar-refractivity contribution in [2.75, 3.05) is 20.1 Å². The molecule has 2 unspecified atom stereocenters. The first kappa shape index (κ1) is 17.1. The summed E-state index contributed by atoms with van der Waals surface area (Å²) in [5.41, 5.74) is 1.11. The Labute approximate surface area is 138 Å². The van der Waals surface area contributed by atoms with Gasteiger partial charge in [-0.3, -0.25) is 4.90 Å². The van der Waals surface area contributed by atoms with Gasteiger partial charge in [0.25, 0.3) is 0 Å². The van der Waals surface area contributed by atoms with E-state index in [-0.39, 0.29) is 0 Å². The largest absolute Gasteiger partial charge is 0.319 e. The lowest BCUT2D eigenvalue weighted by molar-refractivity contribution is 0.119. The summed E-state index contributed by atoms with van der Waals surface area (Å²) in [6, 6.07) is 6.63. The van der Waals surface area contributed by atoms with Crippen molar-refractivity contribution in [3.8, 4) is 0 Å². The smallest absolute Gasteiger partial charge is 0.0468 e. The van der Waals surface area contributed by atoms with E-state index in [9.17, 15) is 0 Å². The van der Waals surface area contributed by atoms with Crippen molar-refractivity contribution in [1.82, 2.24) is 10.2 Å². The molecule has 1 saturated heterocycles. The normalized spacial score (nSPS) is 24.3. The molecular formula is C17H26Cl2N2. The van der Waals surface area contributed by atoms with Crippen molar-refractivity contribution in [2.24, 2.45) is 5.92 Å². The van der Waals surface area contributed by atoms with Crippen molar-refractivity contribution in [1.29, 1.82) is 0 Å². The van der Waals surface area contributed by atoms with Gasteiger partial charge in [-0.1, -0.05) is 35.7 Å². The lowest BCUT2D eigenvalue weighted by Crippen LogP contribution is -2.40. The molecule has 2 atom stereocenters. The number of hydrogen-bond acceptors (Lipinski definition) is 2. The van der Waals surface area contributed by atoms with E-state index in [0.29, 0.717) is 18.0 Å². The van der Waals surface area contributed by atoms with Crippen LogP contribution in [0, 0.1) is 5.92 Å². The van der Waals surface area contributed by atoms with Gasteiger partial charge in [-0.15, -0.1) is 0 Å². The Morgan fingerprint density at radius 1 is 1.24 bits per heavy atom. The molecule has 118 valence electrons. The molecule has 2 nitrogen and oxygen atoms in total. The van der Waals surface area contributed by atoms with Gasteiger partial charge < -0.3 is 5.32 Å². The van der Waals surface area contributed by atoms with Gasteiger partial charge in [0.1, 0.15) is 0 Å². The fraction of sp³-hybridized carbons (Fsp3) is 0.647. The maximum atomic E-state index is 6.52. The van der Waals surface area contributed by atoms with E-state index >= 15 is 0 Å². The second-order valence-corrected chi connectivity index (χ2v) is 7.04. The highest BCUT2D eigenvalue weighted by molar-refractivity contribution is 6.36. The zero-order valence-electron chi connectivity index (χ0n) is 13.2. The Kier molecular flexibility index (Phi) is 6.36. The lowest BCUT2D eigenvalue weighted by atomic mass is 9.88. The van der Waals surface area contributed by atoms with E-state index < -0.39 is 0 Å². The minimum absolute atomic E-state index is 0.293. The van der Waals surface area contributed by atoms with Gasteiger partial charge >= 0.3 is 0 Å². The molecule has 1 N–H and O–H groups in total. The molecule has 21 heavy (non-hydrogen) atoms. The van der Waals surface area contributed by atoms with Crippen LogP contribution in [-0.4, -0.2) is 31.1 Å². The van der Waals surface area contributed by atoms with Crippen LogP contribution in [0.1, 0.15) is 44.7 Å². The zero-order valence-corrected chi connectivity index (χ0v) is 14.7. The first-order valence-electron chi connectivity index (χ1n) is 7.90. The highest BCUT2D eigenvalue weighted by atomic mass is 35.5. The van der Waals surface area contributed by atoms with E-state index in [2.05, 4.69) is 24.1 Å². The van der Waals surface area contributed by atoms with E-state index in [0.717, 1.165) is 28.7 Å². The van der Waals surface area contributed by atoms with Gasteiger partial charge in [0, 0.05) is 27.7 Å². The summed E-state index contributed by atoms with van der Waals surface area (Å²) < 4.78 is 0. The molecule has 0 radical (unpaired) electrons. The number of nitrogens with one attached hydrogen (secondary N) is 1. The van der Waals surface area contributed by atoms with E-state index in [1.165, 1.54) is 19.3 Å². The van der Waals surface area contributed by atoms with E-state index in [1.807, 2.05) is 25.2 Å². The number of benzene rings is 1. The second kappa shape index (κ2) is 7.82. The van der Waals surface area contributed by atoms with Gasteiger partial charge in [-0.2, -0.15) is 0 Å². The van der Waals surface area contributed by atoms with Crippen molar-refractivity contribution >= 4 is 23.2 Å². The number of halogens is 2. The maximum Gasteiger partial charge on any atom is 0.0468 e. The first-order chi connectivity index (χ1) is 10.1. The Bertz CT molecular complexity index is 442. The molecule has 0 spiro atoms. The average molecular weight is 329 g/mol. The molecule has 0 aliphatic carbocycles. The SMILES string of the molecule is CNCC1CCCCN(C(C)C)C1c1c(Cl)cccc1Cl. The minimum Gasteiger partial charge on any atom is -0.319 e. The van der Waals surface area contributed by atoms with Crippen LogP contribution < -0.4 is 5.32 Å². The Morgan fingerprint density at radius 3 is 2.48 bits per heavy atom. The van der Waals surface area contributed by atoms with Crippen LogP contribution in [0.25, 0.3) is 0 Å². The van der Waals surface area contributed by atoms with E-state index in [1.54, 1.807) is 0 Å². The average Bonchev–Trinajstić information content (AvgIpc) is 2.62. The van der Waals surface area contributed by atoms with Gasteiger partial charge in [0.2, 0.25) is 0 Å². The van der Waals surface area contributed by atoms with Crippen LogP contribution in [0.5, 0.6) is 0 Å². The van der Waals surface area contributed by atoms with Gasteiger partial charge in [-0.05, 0) is 64.9 Å². The van der Waals surface area contributed by atoms with E-state index in [4.69, 9.17) is 23.2 Å². The third-order valence-corrected chi connectivity index (χ3v) is 5.13. The fourth-order valence-corrected chi connectivity index (χ4v) is 4.14. The molecule has 1 fully saturated rings. The minimum atomic E-state index is 0.293. The Morgan fingerprint density at radius 2 is 1.90 bits per heavy atom. The number of rotatable bonds is 4. The topological polar surface area (TPSA) is 15.3 Å². The predicted octanol–water partition coefficient (Wildman–Crippen LogP) is 4.76. The molecule has 2 rings (SSSR count). The molecule has 0 saturated carbocycles. The maximum absolute atomic E-state index is 6.52. The third-order valence-electron chi connectivity index (χ3n) is 4.47. The number of hydrogen-bond donors (Lipinski definition) is 1.